The number of benzene rings is 2. The molecule has 0 heterocycles. The number of rotatable bonds is 9. The summed E-state index contributed by atoms with van der Waals surface area (Å²) in [5.74, 6) is -0.184. The van der Waals surface area contributed by atoms with Gasteiger partial charge in [-0.25, -0.2) is 8.42 Å². The molecule has 1 amide bonds. The molecule has 6 nitrogen and oxygen atoms in total. The molecule has 0 saturated carbocycles. The summed E-state index contributed by atoms with van der Waals surface area (Å²) in [6.45, 7) is 1.51. The number of nitrogens with zero attached hydrogens (tertiary/aromatic N) is 1. The molecule has 0 spiro atoms. The molecule has 0 fully saturated rings. The molecule has 0 atom stereocenters. The van der Waals surface area contributed by atoms with Crippen molar-refractivity contribution in [2.45, 2.75) is 11.3 Å². The number of anilines is 1. The highest BCUT2D eigenvalue weighted by Gasteiger charge is 2.15. The zero-order valence-corrected chi connectivity index (χ0v) is 17.4. The smallest absolute Gasteiger partial charge is 0.261 e. The average molecular weight is 422 g/mol. The number of nitrogens with one attached hydrogen (secondary N) is 2. The summed E-state index contributed by atoms with van der Waals surface area (Å²) in [4.78, 5) is 14.0. The maximum Gasteiger partial charge on any atom is 0.261 e. The van der Waals surface area contributed by atoms with Crippen molar-refractivity contribution in [3.05, 3.63) is 65.2 Å². The summed E-state index contributed by atoms with van der Waals surface area (Å²) in [7, 11) is 0.216. The van der Waals surface area contributed by atoms with Crippen molar-refractivity contribution >= 4 is 39.3 Å². The highest BCUT2D eigenvalue weighted by Crippen LogP contribution is 2.24. The van der Waals surface area contributed by atoms with Crippen LogP contribution >= 0.6 is 11.6 Å². The van der Waals surface area contributed by atoms with E-state index in [1.165, 1.54) is 18.2 Å². The monoisotopic (exact) mass is 421 g/mol. The fourth-order valence-corrected chi connectivity index (χ4v) is 3.66. The molecule has 0 aromatic heterocycles. The van der Waals surface area contributed by atoms with Crippen LogP contribution in [0.5, 0.6) is 0 Å². The molecule has 0 aliphatic carbocycles. The van der Waals surface area contributed by atoms with Crippen molar-refractivity contribution in [2.24, 2.45) is 0 Å². The molecule has 0 radical (unpaired) electrons. The minimum absolute atomic E-state index is 0.109. The van der Waals surface area contributed by atoms with E-state index in [1.807, 2.05) is 14.1 Å². The van der Waals surface area contributed by atoms with Gasteiger partial charge in [-0.1, -0.05) is 35.9 Å². The van der Waals surface area contributed by atoms with Crippen molar-refractivity contribution in [1.82, 2.24) is 10.2 Å². The van der Waals surface area contributed by atoms with Gasteiger partial charge in [-0.2, -0.15) is 0 Å². The van der Waals surface area contributed by atoms with E-state index in [-0.39, 0.29) is 10.8 Å². The zero-order chi connectivity index (χ0) is 20.6. The minimum Gasteiger partial charge on any atom is -0.353 e. The van der Waals surface area contributed by atoms with Crippen LogP contribution in [0.4, 0.5) is 5.69 Å². The Labute approximate surface area is 171 Å². The third-order valence-corrected chi connectivity index (χ3v) is 5.53. The topological polar surface area (TPSA) is 78.5 Å². The maximum absolute atomic E-state index is 12.5. The van der Waals surface area contributed by atoms with E-state index in [0.29, 0.717) is 17.3 Å². The summed E-state index contributed by atoms with van der Waals surface area (Å²) >= 11 is 6.00. The average Bonchev–Trinajstić information content (AvgIpc) is 2.65. The van der Waals surface area contributed by atoms with E-state index in [1.54, 1.807) is 42.5 Å². The molecule has 0 bridgehead atoms. The number of amides is 1. The largest absolute Gasteiger partial charge is 0.353 e. The Morgan fingerprint density at radius 1 is 1.11 bits per heavy atom. The second kappa shape index (κ2) is 10.3. The Bertz CT molecular complexity index is 926. The van der Waals surface area contributed by atoms with Crippen LogP contribution in [0, 0.1) is 0 Å². The predicted molar refractivity (Wildman–Crippen MR) is 114 cm³/mol. The summed E-state index contributed by atoms with van der Waals surface area (Å²) in [6, 6.07) is 12.9. The van der Waals surface area contributed by atoms with Gasteiger partial charge in [-0.15, -0.1) is 0 Å². The number of hydrogen-bond donors (Lipinski definition) is 2. The molecular weight excluding hydrogens is 398 g/mol. The lowest BCUT2D eigenvalue weighted by Gasteiger charge is -2.09. The first-order chi connectivity index (χ1) is 13.3. The number of sulfonamides is 1. The number of carbonyl (C=O) groups is 1. The lowest BCUT2D eigenvalue weighted by molar-refractivity contribution is -0.116. The van der Waals surface area contributed by atoms with Crippen LogP contribution in [0.3, 0.4) is 0 Å². The van der Waals surface area contributed by atoms with Gasteiger partial charge in [0, 0.05) is 12.6 Å². The van der Waals surface area contributed by atoms with E-state index in [2.05, 4.69) is 14.9 Å². The van der Waals surface area contributed by atoms with Crippen LogP contribution in [-0.2, 0) is 14.8 Å². The molecule has 0 aliphatic rings. The van der Waals surface area contributed by atoms with E-state index in [9.17, 15) is 13.2 Å². The quantitative estimate of drug-likeness (QED) is 0.481. The molecule has 2 rings (SSSR count). The molecule has 28 heavy (non-hydrogen) atoms. The van der Waals surface area contributed by atoms with E-state index in [0.717, 1.165) is 18.5 Å². The normalized spacial score (nSPS) is 11.7. The fraction of sp³-hybridized carbons (Fsp3) is 0.250. The number of halogens is 1. The third-order valence-electron chi connectivity index (χ3n) is 3.82. The van der Waals surface area contributed by atoms with Gasteiger partial charge in [0.15, 0.2) is 0 Å². The van der Waals surface area contributed by atoms with E-state index >= 15 is 0 Å². The molecule has 0 saturated heterocycles. The fourth-order valence-electron chi connectivity index (χ4n) is 2.34. The van der Waals surface area contributed by atoms with Gasteiger partial charge in [-0.05, 0) is 63.0 Å². The lowest BCUT2D eigenvalue weighted by atomic mass is 10.2. The summed E-state index contributed by atoms with van der Waals surface area (Å²) < 4.78 is 27.4. The van der Waals surface area contributed by atoms with Crippen LogP contribution in [0.1, 0.15) is 12.0 Å². The Balaban J connectivity index is 1.95. The van der Waals surface area contributed by atoms with Crippen LogP contribution in [0.25, 0.3) is 6.08 Å². The molecule has 2 N–H and O–H groups in total. The summed E-state index contributed by atoms with van der Waals surface area (Å²) in [6.07, 6.45) is 3.94. The molecule has 0 aliphatic heterocycles. The lowest BCUT2D eigenvalue weighted by Crippen LogP contribution is -2.25. The number of hydrogen-bond acceptors (Lipinski definition) is 4. The molecule has 8 heteroatoms. The molecule has 0 unspecified atom stereocenters. The van der Waals surface area contributed by atoms with Crippen LogP contribution in [-0.4, -0.2) is 46.4 Å². The van der Waals surface area contributed by atoms with E-state index in [4.69, 9.17) is 11.6 Å². The van der Waals surface area contributed by atoms with Crippen LogP contribution in [0.2, 0.25) is 5.02 Å². The molecule has 2 aromatic rings. The van der Waals surface area contributed by atoms with Crippen molar-refractivity contribution in [3.63, 3.8) is 0 Å². The Morgan fingerprint density at radius 2 is 1.79 bits per heavy atom. The summed E-state index contributed by atoms with van der Waals surface area (Å²) in [5.41, 5.74) is 1.04. The Hall–Kier alpha value is -2.35. The molecule has 150 valence electrons. The number of carbonyl (C=O) groups excluding carboxylic acids is 1. The number of para-hydroxylation sites is 1. The maximum atomic E-state index is 12.5. The van der Waals surface area contributed by atoms with Crippen molar-refractivity contribution in [2.75, 3.05) is 31.9 Å². The third kappa shape index (κ3) is 6.99. The molecule has 2 aromatic carbocycles. The SMILES string of the molecule is CN(C)CCCNC(=O)C=Cc1ccc(S(=O)(=O)Nc2ccccc2Cl)cc1. The van der Waals surface area contributed by atoms with E-state index < -0.39 is 10.0 Å². The molecular formula is C20H24ClN3O3S. The van der Waals surface area contributed by atoms with Crippen molar-refractivity contribution in [3.8, 4) is 0 Å². The highest BCUT2D eigenvalue weighted by molar-refractivity contribution is 7.92. The highest BCUT2D eigenvalue weighted by atomic mass is 35.5. The standard InChI is InChI=1S/C20H24ClN3O3S/c1-24(2)15-5-14-22-20(25)13-10-16-8-11-17(12-9-16)28(26,27)23-19-7-4-3-6-18(19)21/h3-4,6-13,23H,5,14-15H2,1-2H3,(H,22,25). The van der Waals surface area contributed by atoms with Gasteiger partial charge < -0.3 is 10.2 Å². The Kier molecular flexibility index (Phi) is 8.04. The first kappa shape index (κ1) is 21.9. The zero-order valence-electron chi connectivity index (χ0n) is 15.9. The van der Waals surface area contributed by atoms with Gasteiger partial charge in [0.2, 0.25) is 5.91 Å². The summed E-state index contributed by atoms with van der Waals surface area (Å²) in [5, 5.41) is 3.13. The second-order valence-corrected chi connectivity index (χ2v) is 8.53. The Morgan fingerprint density at radius 3 is 2.43 bits per heavy atom. The second-order valence-electron chi connectivity index (χ2n) is 6.44. The van der Waals surface area contributed by atoms with Gasteiger partial charge in [0.1, 0.15) is 0 Å². The first-order valence-corrected chi connectivity index (χ1v) is 10.6. The first-order valence-electron chi connectivity index (χ1n) is 8.76. The van der Waals surface area contributed by atoms with Gasteiger partial charge in [0.25, 0.3) is 10.0 Å². The van der Waals surface area contributed by atoms with Crippen molar-refractivity contribution < 1.29 is 13.2 Å². The van der Waals surface area contributed by atoms with Gasteiger partial charge >= 0.3 is 0 Å². The predicted octanol–water partition coefficient (Wildman–Crippen LogP) is 3.22. The van der Waals surface area contributed by atoms with Crippen LogP contribution in [0.15, 0.2) is 59.5 Å². The van der Waals surface area contributed by atoms with Gasteiger partial charge in [-0.3, -0.25) is 9.52 Å². The minimum atomic E-state index is -3.75. The van der Waals surface area contributed by atoms with Crippen LogP contribution < -0.4 is 10.0 Å². The van der Waals surface area contributed by atoms with Crippen molar-refractivity contribution in [1.29, 1.82) is 0 Å². The van der Waals surface area contributed by atoms with Gasteiger partial charge in [0.05, 0.1) is 15.6 Å².